The Morgan fingerprint density at radius 1 is 1.00 bits per heavy atom. The lowest BCUT2D eigenvalue weighted by atomic mass is 9.95. The van der Waals surface area contributed by atoms with Gasteiger partial charge in [0.05, 0.1) is 11.7 Å². The molecule has 1 aliphatic heterocycles. The molecule has 9 heteroatoms. The van der Waals surface area contributed by atoms with Crippen molar-refractivity contribution in [1.82, 2.24) is 30.1 Å². The third-order valence-electron chi connectivity index (χ3n) is 7.88. The first kappa shape index (κ1) is 23.8. The van der Waals surface area contributed by atoms with E-state index < -0.39 is 6.04 Å². The summed E-state index contributed by atoms with van der Waals surface area (Å²) in [5, 5.41) is 14.0. The number of nitrogens with one attached hydrogen (secondary N) is 1. The Labute approximate surface area is 215 Å². The summed E-state index contributed by atoms with van der Waals surface area (Å²) in [5.41, 5.74) is 3.08. The van der Waals surface area contributed by atoms with Gasteiger partial charge in [-0.3, -0.25) is 9.69 Å². The van der Waals surface area contributed by atoms with E-state index in [2.05, 4.69) is 36.4 Å². The number of nitrogens with zero attached hydrogens (tertiary/aromatic N) is 6. The minimum atomic E-state index is -0.395. The fourth-order valence-corrected chi connectivity index (χ4v) is 5.94. The number of aromatic amines is 1. The molecule has 2 aliphatic rings. The number of halogens is 1. The average molecular weight is 502 g/mol. The Hall–Kier alpha value is -3.59. The number of aromatic nitrogens is 5. The molecular formula is C28H32FN7O. The van der Waals surface area contributed by atoms with Crippen molar-refractivity contribution in [1.29, 1.82) is 0 Å². The molecule has 2 fully saturated rings. The molecule has 8 nitrogen and oxygen atoms in total. The van der Waals surface area contributed by atoms with Crippen molar-refractivity contribution < 1.29 is 4.39 Å². The summed E-state index contributed by atoms with van der Waals surface area (Å²) in [5.74, 6) is 0.499. The molecule has 0 spiro atoms. The van der Waals surface area contributed by atoms with E-state index in [1.807, 2.05) is 41.9 Å². The van der Waals surface area contributed by atoms with Crippen LogP contribution in [0.3, 0.4) is 0 Å². The summed E-state index contributed by atoms with van der Waals surface area (Å²) in [6, 6.07) is 14.8. The number of aryl methyl sites for hydroxylation is 1. The number of tetrazole rings is 1. The first-order valence-electron chi connectivity index (χ1n) is 13.2. The van der Waals surface area contributed by atoms with Gasteiger partial charge < -0.3 is 9.88 Å². The molecule has 1 aliphatic carbocycles. The molecule has 192 valence electrons. The van der Waals surface area contributed by atoms with E-state index in [-0.39, 0.29) is 17.4 Å². The van der Waals surface area contributed by atoms with Gasteiger partial charge >= 0.3 is 0 Å². The van der Waals surface area contributed by atoms with Crippen LogP contribution in [0.15, 0.2) is 53.3 Å². The van der Waals surface area contributed by atoms with E-state index in [9.17, 15) is 9.18 Å². The molecule has 2 aromatic heterocycles. The quantitative estimate of drug-likeness (QED) is 0.437. The number of benzene rings is 2. The van der Waals surface area contributed by atoms with Crippen LogP contribution in [0.1, 0.15) is 61.1 Å². The molecule has 1 saturated carbocycles. The highest BCUT2D eigenvalue weighted by molar-refractivity contribution is 5.79. The van der Waals surface area contributed by atoms with Gasteiger partial charge in [0.15, 0.2) is 5.82 Å². The van der Waals surface area contributed by atoms with Crippen LogP contribution in [0, 0.1) is 12.7 Å². The minimum absolute atomic E-state index is 0.129. The largest absolute Gasteiger partial charge is 0.367 e. The molecule has 4 aromatic rings. The third kappa shape index (κ3) is 4.64. The molecule has 6 rings (SSSR count). The minimum Gasteiger partial charge on any atom is -0.367 e. The molecule has 1 N–H and O–H groups in total. The van der Waals surface area contributed by atoms with Gasteiger partial charge in [0, 0.05) is 37.3 Å². The molecule has 1 atom stereocenters. The smallest absolute Gasteiger partial charge is 0.253 e. The Morgan fingerprint density at radius 2 is 1.78 bits per heavy atom. The molecule has 0 amide bonds. The van der Waals surface area contributed by atoms with Gasteiger partial charge in [-0.15, -0.1) is 5.10 Å². The van der Waals surface area contributed by atoms with Crippen molar-refractivity contribution in [2.45, 2.75) is 51.1 Å². The number of para-hydroxylation sites is 1. The monoisotopic (exact) mass is 501 g/mol. The second kappa shape index (κ2) is 10.0. The highest BCUT2D eigenvalue weighted by Gasteiger charge is 2.34. The van der Waals surface area contributed by atoms with E-state index in [4.69, 9.17) is 0 Å². The summed E-state index contributed by atoms with van der Waals surface area (Å²) < 4.78 is 16.4. The summed E-state index contributed by atoms with van der Waals surface area (Å²) in [7, 11) is 0. The number of piperazine rings is 1. The third-order valence-corrected chi connectivity index (χ3v) is 7.88. The Balaban J connectivity index is 1.39. The molecule has 0 unspecified atom stereocenters. The zero-order valence-electron chi connectivity index (χ0n) is 21.1. The molecular weight excluding hydrogens is 469 g/mol. The van der Waals surface area contributed by atoms with Gasteiger partial charge in [0.1, 0.15) is 11.9 Å². The van der Waals surface area contributed by atoms with Gasteiger partial charge in [-0.25, -0.2) is 9.07 Å². The molecule has 2 aromatic carbocycles. The van der Waals surface area contributed by atoms with Crippen LogP contribution in [0.2, 0.25) is 0 Å². The topological polar surface area (TPSA) is 82.9 Å². The number of rotatable bonds is 5. The Morgan fingerprint density at radius 3 is 2.57 bits per heavy atom. The average Bonchev–Trinajstić information content (AvgIpc) is 3.40. The standard InChI is InChI=1S/C28H32FN7O/c1-19-11-12-24-20(17-19)18-22(28(37)30-24)26(27-31-32-33-36(27)21-7-3-2-4-8-21)35-15-13-34(14-16-35)25-10-6-5-9-23(25)29/h5-6,9-12,17-18,21,26H,2-4,7-8,13-16H2,1H3,(H,30,37)/t26-/m1/s1. The molecule has 3 heterocycles. The zero-order chi connectivity index (χ0) is 25.4. The lowest BCUT2D eigenvalue weighted by Crippen LogP contribution is -2.49. The van der Waals surface area contributed by atoms with Crippen molar-refractivity contribution in [2.75, 3.05) is 31.1 Å². The van der Waals surface area contributed by atoms with Crippen LogP contribution < -0.4 is 10.5 Å². The number of anilines is 1. The summed E-state index contributed by atoms with van der Waals surface area (Å²) >= 11 is 0. The molecule has 0 radical (unpaired) electrons. The normalized spacial score (nSPS) is 18.4. The number of hydrogen-bond acceptors (Lipinski definition) is 6. The highest BCUT2D eigenvalue weighted by atomic mass is 19.1. The van der Waals surface area contributed by atoms with Crippen molar-refractivity contribution in [3.05, 3.63) is 81.7 Å². The maximum absolute atomic E-state index is 14.5. The zero-order valence-corrected chi connectivity index (χ0v) is 21.1. The van der Waals surface area contributed by atoms with Gasteiger partial charge in [0.2, 0.25) is 0 Å². The molecule has 0 bridgehead atoms. The van der Waals surface area contributed by atoms with Crippen LogP contribution >= 0.6 is 0 Å². The van der Waals surface area contributed by atoms with Gasteiger partial charge in [0.25, 0.3) is 5.56 Å². The lowest BCUT2D eigenvalue weighted by molar-refractivity contribution is 0.192. The predicted octanol–water partition coefficient (Wildman–Crippen LogP) is 4.38. The van der Waals surface area contributed by atoms with Gasteiger partial charge in [-0.2, -0.15) is 0 Å². The number of fused-ring (bicyclic) bond motifs is 1. The van der Waals surface area contributed by atoms with Crippen molar-refractivity contribution in [3.63, 3.8) is 0 Å². The van der Waals surface area contributed by atoms with Crippen LogP contribution in [0.5, 0.6) is 0 Å². The van der Waals surface area contributed by atoms with Crippen molar-refractivity contribution in [2.24, 2.45) is 0 Å². The highest BCUT2D eigenvalue weighted by Crippen LogP contribution is 2.34. The van der Waals surface area contributed by atoms with E-state index in [1.165, 1.54) is 12.5 Å². The molecule has 1 saturated heterocycles. The van der Waals surface area contributed by atoms with Gasteiger partial charge in [-0.1, -0.05) is 43.0 Å². The van der Waals surface area contributed by atoms with E-state index in [1.54, 1.807) is 6.07 Å². The van der Waals surface area contributed by atoms with E-state index >= 15 is 0 Å². The van der Waals surface area contributed by atoms with E-state index in [0.29, 0.717) is 43.3 Å². The van der Waals surface area contributed by atoms with Crippen LogP contribution in [-0.4, -0.2) is 56.3 Å². The number of pyridine rings is 1. The lowest BCUT2D eigenvalue weighted by Gasteiger charge is -2.40. The fourth-order valence-electron chi connectivity index (χ4n) is 5.94. The van der Waals surface area contributed by atoms with Crippen molar-refractivity contribution >= 4 is 16.6 Å². The second-order valence-corrected chi connectivity index (χ2v) is 10.3. The first-order valence-corrected chi connectivity index (χ1v) is 13.2. The summed E-state index contributed by atoms with van der Waals surface area (Å²) in [6.07, 6.45) is 5.63. The fraction of sp³-hybridized carbons (Fsp3) is 0.429. The summed E-state index contributed by atoms with van der Waals surface area (Å²) in [6.45, 7) is 4.65. The Bertz CT molecular complexity index is 1450. The predicted molar refractivity (Wildman–Crippen MR) is 141 cm³/mol. The van der Waals surface area contributed by atoms with Crippen LogP contribution in [0.25, 0.3) is 10.9 Å². The SMILES string of the molecule is Cc1ccc2[nH]c(=O)c([C@H](c3nnnn3C3CCCCC3)N3CCN(c4ccccc4F)CC3)cc2c1. The number of H-pyrrole nitrogens is 1. The van der Waals surface area contributed by atoms with Gasteiger partial charge in [-0.05, 0) is 65.9 Å². The molecule has 37 heavy (non-hydrogen) atoms. The Kier molecular flexibility index (Phi) is 6.46. The van der Waals surface area contributed by atoms with Crippen LogP contribution in [0.4, 0.5) is 10.1 Å². The first-order chi connectivity index (χ1) is 18.1. The number of hydrogen-bond donors (Lipinski definition) is 1. The maximum Gasteiger partial charge on any atom is 0.253 e. The maximum atomic E-state index is 14.5. The van der Waals surface area contributed by atoms with Crippen LogP contribution in [-0.2, 0) is 0 Å². The second-order valence-electron chi connectivity index (χ2n) is 10.3. The van der Waals surface area contributed by atoms with Crippen molar-refractivity contribution in [3.8, 4) is 0 Å². The summed E-state index contributed by atoms with van der Waals surface area (Å²) in [4.78, 5) is 20.9. The van der Waals surface area contributed by atoms with E-state index in [0.717, 1.165) is 42.1 Å².